The summed E-state index contributed by atoms with van der Waals surface area (Å²) in [6, 6.07) is 0. The standard InChI is InChI=1S/C9H18N2O5S/c1-7(2)17(15,16)4-3-11(5-8(10)12)6-9(13)14/h7H,3-6H2,1-2H3,(H2,10,12)(H,13,14). The molecule has 0 atom stereocenters. The van der Waals surface area contributed by atoms with Gasteiger partial charge >= 0.3 is 5.97 Å². The van der Waals surface area contributed by atoms with Gasteiger partial charge in [0.1, 0.15) is 0 Å². The van der Waals surface area contributed by atoms with Gasteiger partial charge in [0.25, 0.3) is 0 Å². The molecule has 0 bridgehead atoms. The summed E-state index contributed by atoms with van der Waals surface area (Å²) in [5, 5.41) is 8.07. The van der Waals surface area contributed by atoms with E-state index < -0.39 is 33.5 Å². The van der Waals surface area contributed by atoms with E-state index in [1.807, 2.05) is 0 Å². The third-order valence-electron chi connectivity index (χ3n) is 2.15. The van der Waals surface area contributed by atoms with E-state index in [-0.39, 0.29) is 18.8 Å². The summed E-state index contributed by atoms with van der Waals surface area (Å²) in [5.41, 5.74) is 4.95. The highest BCUT2D eigenvalue weighted by molar-refractivity contribution is 7.92. The minimum Gasteiger partial charge on any atom is -0.480 e. The maximum atomic E-state index is 11.5. The van der Waals surface area contributed by atoms with Crippen LogP contribution in [0.15, 0.2) is 0 Å². The molecule has 0 aromatic rings. The molecule has 0 aliphatic carbocycles. The number of sulfone groups is 1. The Labute approximate surface area is 101 Å². The summed E-state index contributed by atoms with van der Waals surface area (Å²) < 4.78 is 23.0. The van der Waals surface area contributed by atoms with E-state index in [9.17, 15) is 18.0 Å². The number of nitrogens with two attached hydrogens (primary N) is 1. The molecule has 100 valence electrons. The number of carbonyl (C=O) groups is 2. The number of carbonyl (C=O) groups excluding carboxylic acids is 1. The van der Waals surface area contributed by atoms with Crippen LogP contribution in [0.2, 0.25) is 0 Å². The molecule has 7 nitrogen and oxygen atoms in total. The first-order valence-corrected chi connectivity index (χ1v) is 6.80. The molecule has 0 aliphatic rings. The lowest BCUT2D eigenvalue weighted by molar-refractivity contribution is -0.138. The van der Waals surface area contributed by atoms with Gasteiger partial charge in [-0.2, -0.15) is 0 Å². The Balaban J connectivity index is 4.45. The molecule has 0 unspecified atom stereocenters. The minimum atomic E-state index is -3.25. The summed E-state index contributed by atoms with van der Waals surface area (Å²) >= 11 is 0. The SMILES string of the molecule is CC(C)S(=O)(=O)CCN(CC(N)=O)CC(=O)O. The maximum Gasteiger partial charge on any atom is 0.317 e. The van der Waals surface area contributed by atoms with Gasteiger partial charge in [-0.25, -0.2) is 8.42 Å². The molecule has 17 heavy (non-hydrogen) atoms. The Hall–Kier alpha value is -1.15. The van der Waals surface area contributed by atoms with E-state index in [4.69, 9.17) is 10.8 Å². The van der Waals surface area contributed by atoms with Gasteiger partial charge < -0.3 is 10.8 Å². The van der Waals surface area contributed by atoms with Gasteiger partial charge in [-0.1, -0.05) is 0 Å². The molecule has 0 aromatic heterocycles. The Bertz CT molecular complexity index is 361. The molecule has 0 saturated carbocycles. The molecule has 8 heteroatoms. The molecule has 1 amide bonds. The predicted octanol–water partition coefficient (Wildman–Crippen LogP) is -1.32. The Morgan fingerprint density at radius 3 is 2.18 bits per heavy atom. The van der Waals surface area contributed by atoms with Gasteiger partial charge in [0, 0.05) is 6.54 Å². The predicted molar refractivity (Wildman–Crippen MR) is 62.2 cm³/mol. The van der Waals surface area contributed by atoms with Crippen LogP contribution in [0.1, 0.15) is 13.8 Å². The van der Waals surface area contributed by atoms with Crippen molar-refractivity contribution in [3.05, 3.63) is 0 Å². The van der Waals surface area contributed by atoms with E-state index in [0.717, 1.165) is 0 Å². The van der Waals surface area contributed by atoms with Crippen LogP contribution in [0.3, 0.4) is 0 Å². The molecule has 0 heterocycles. The molecule has 0 saturated heterocycles. The fraction of sp³-hybridized carbons (Fsp3) is 0.778. The van der Waals surface area contributed by atoms with E-state index in [1.165, 1.54) is 4.90 Å². The monoisotopic (exact) mass is 266 g/mol. The highest BCUT2D eigenvalue weighted by atomic mass is 32.2. The van der Waals surface area contributed by atoms with E-state index in [0.29, 0.717) is 0 Å². The molecule has 0 radical (unpaired) electrons. The van der Waals surface area contributed by atoms with Gasteiger partial charge in [-0.3, -0.25) is 14.5 Å². The summed E-state index contributed by atoms with van der Waals surface area (Å²) in [7, 11) is -3.25. The second-order valence-electron chi connectivity index (χ2n) is 3.99. The van der Waals surface area contributed by atoms with Crippen LogP contribution in [0.4, 0.5) is 0 Å². The van der Waals surface area contributed by atoms with Crippen molar-refractivity contribution in [2.75, 3.05) is 25.4 Å². The highest BCUT2D eigenvalue weighted by Crippen LogP contribution is 2.01. The first-order chi connectivity index (χ1) is 7.65. The number of carboxylic acids is 1. The van der Waals surface area contributed by atoms with E-state index in [2.05, 4.69) is 0 Å². The molecule has 0 aliphatic heterocycles. The number of amides is 1. The van der Waals surface area contributed by atoms with Crippen LogP contribution < -0.4 is 5.73 Å². The van der Waals surface area contributed by atoms with Gasteiger partial charge in [0.15, 0.2) is 9.84 Å². The topological polar surface area (TPSA) is 118 Å². The number of hydrogen-bond acceptors (Lipinski definition) is 5. The minimum absolute atomic E-state index is 0.0181. The molecule has 0 aromatic carbocycles. The number of hydrogen-bond donors (Lipinski definition) is 2. The summed E-state index contributed by atoms with van der Waals surface area (Å²) in [5.74, 6) is -2.01. The Kier molecular flexibility index (Phi) is 6.11. The van der Waals surface area contributed by atoms with Gasteiger partial charge in [0.05, 0.1) is 24.1 Å². The average molecular weight is 266 g/mol. The lowest BCUT2D eigenvalue weighted by atomic mass is 10.4. The molecule has 0 spiro atoms. The average Bonchev–Trinajstić information content (AvgIpc) is 2.12. The molecular weight excluding hydrogens is 248 g/mol. The van der Waals surface area contributed by atoms with Crippen molar-refractivity contribution in [2.24, 2.45) is 5.73 Å². The number of aliphatic carboxylic acids is 1. The number of carboxylic acid groups (broad SMARTS) is 1. The zero-order valence-electron chi connectivity index (χ0n) is 9.92. The van der Waals surface area contributed by atoms with Crippen LogP contribution in [-0.4, -0.2) is 60.9 Å². The van der Waals surface area contributed by atoms with Crippen molar-refractivity contribution in [1.82, 2.24) is 4.90 Å². The second kappa shape index (κ2) is 6.55. The maximum absolute atomic E-state index is 11.5. The largest absolute Gasteiger partial charge is 0.480 e. The van der Waals surface area contributed by atoms with Crippen LogP contribution in [0, 0.1) is 0 Å². The van der Waals surface area contributed by atoms with Crippen molar-refractivity contribution in [2.45, 2.75) is 19.1 Å². The van der Waals surface area contributed by atoms with Crippen LogP contribution >= 0.6 is 0 Å². The highest BCUT2D eigenvalue weighted by Gasteiger charge is 2.19. The van der Waals surface area contributed by atoms with Crippen molar-refractivity contribution in [1.29, 1.82) is 0 Å². The van der Waals surface area contributed by atoms with Crippen LogP contribution in [0.25, 0.3) is 0 Å². The second-order valence-corrected chi connectivity index (χ2v) is 6.66. The first-order valence-electron chi connectivity index (χ1n) is 5.09. The van der Waals surface area contributed by atoms with Crippen LogP contribution in [-0.2, 0) is 19.4 Å². The zero-order valence-corrected chi connectivity index (χ0v) is 10.7. The number of rotatable bonds is 8. The van der Waals surface area contributed by atoms with Gasteiger partial charge in [-0.15, -0.1) is 0 Å². The fourth-order valence-electron chi connectivity index (χ4n) is 1.12. The van der Waals surface area contributed by atoms with Crippen molar-refractivity contribution in [3.63, 3.8) is 0 Å². The summed E-state index contributed by atoms with van der Waals surface area (Å²) in [6.45, 7) is 2.40. The number of primary amides is 1. The molecule has 0 rings (SSSR count). The van der Waals surface area contributed by atoms with E-state index >= 15 is 0 Å². The number of nitrogens with zero attached hydrogens (tertiary/aromatic N) is 1. The van der Waals surface area contributed by atoms with Crippen molar-refractivity contribution < 1.29 is 23.1 Å². The van der Waals surface area contributed by atoms with Crippen molar-refractivity contribution in [3.8, 4) is 0 Å². The van der Waals surface area contributed by atoms with Crippen molar-refractivity contribution >= 4 is 21.7 Å². The fourth-order valence-corrected chi connectivity index (χ4v) is 2.10. The Morgan fingerprint density at radius 2 is 1.82 bits per heavy atom. The zero-order chi connectivity index (χ0) is 13.6. The summed E-state index contributed by atoms with van der Waals surface area (Å²) in [6.07, 6.45) is 0. The quantitative estimate of drug-likeness (QED) is 0.562. The lowest BCUT2D eigenvalue weighted by Gasteiger charge is -2.18. The molecular formula is C9H18N2O5S. The lowest BCUT2D eigenvalue weighted by Crippen LogP contribution is -2.40. The smallest absolute Gasteiger partial charge is 0.317 e. The molecule has 0 fully saturated rings. The summed E-state index contributed by atoms with van der Waals surface area (Å²) in [4.78, 5) is 22.4. The molecule has 3 N–H and O–H groups in total. The third-order valence-corrected chi connectivity index (χ3v) is 4.34. The van der Waals surface area contributed by atoms with Crippen LogP contribution in [0.5, 0.6) is 0 Å². The Morgan fingerprint density at radius 1 is 1.29 bits per heavy atom. The van der Waals surface area contributed by atoms with E-state index in [1.54, 1.807) is 13.8 Å². The first kappa shape index (κ1) is 15.9. The third kappa shape index (κ3) is 6.90. The van der Waals surface area contributed by atoms with Gasteiger partial charge in [-0.05, 0) is 13.8 Å². The van der Waals surface area contributed by atoms with Gasteiger partial charge in [0.2, 0.25) is 5.91 Å². The normalized spacial score (nSPS) is 12.0.